The van der Waals surface area contributed by atoms with Gasteiger partial charge in [-0.05, 0) is 76.8 Å². The summed E-state index contributed by atoms with van der Waals surface area (Å²) >= 11 is 2.95. The summed E-state index contributed by atoms with van der Waals surface area (Å²) < 4.78 is 14.8. The fourth-order valence-corrected chi connectivity index (χ4v) is 4.56. The highest BCUT2D eigenvalue weighted by Crippen LogP contribution is 2.22. The lowest BCUT2D eigenvalue weighted by atomic mass is 9.98. The molecule has 2 heterocycles. The molecule has 1 aromatic heterocycles. The van der Waals surface area contributed by atoms with E-state index in [1.807, 2.05) is 13.0 Å². The monoisotopic (exact) mass is 569 g/mol. The fourth-order valence-electron chi connectivity index (χ4n) is 4.22. The van der Waals surface area contributed by atoms with Crippen LogP contribution in [0.25, 0.3) is 0 Å². The van der Waals surface area contributed by atoms with E-state index in [1.54, 1.807) is 12.6 Å². The first kappa shape index (κ1) is 29.9. The predicted molar refractivity (Wildman–Crippen MR) is 142 cm³/mol. The van der Waals surface area contributed by atoms with Crippen LogP contribution in [0.4, 0.5) is 0 Å². The third-order valence-corrected chi connectivity index (χ3v) is 6.58. The second-order valence-electron chi connectivity index (χ2n) is 8.56. The normalized spacial score (nSPS) is 17.4. The van der Waals surface area contributed by atoms with E-state index in [9.17, 15) is 9.59 Å². The number of aromatic amines is 1. The van der Waals surface area contributed by atoms with Gasteiger partial charge in [0.25, 0.3) is 0 Å². The molecule has 0 amide bonds. The highest BCUT2D eigenvalue weighted by atomic mass is 79.9. The number of hydrogen-bond acceptors (Lipinski definition) is 8. The van der Waals surface area contributed by atoms with Crippen LogP contribution in [-0.4, -0.2) is 77.6 Å². The maximum atomic E-state index is 11.4. The maximum Gasteiger partial charge on any atom is 0.356 e. The van der Waals surface area contributed by atoms with Gasteiger partial charge in [0, 0.05) is 24.5 Å². The number of alkyl halides is 1. The summed E-state index contributed by atoms with van der Waals surface area (Å²) in [6.45, 7) is 8.25. The van der Waals surface area contributed by atoms with E-state index in [2.05, 4.69) is 41.8 Å². The molecule has 0 bridgehead atoms. The van der Waals surface area contributed by atoms with Crippen molar-refractivity contribution in [1.29, 1.82) is 0 Å². The highest BCUT2D eigenvalue weighted by molar-refractivity contribution is 9.09. The van der Waals surface area contributed by atoms with Crippen LogP contribution in [-0.2, 0) is 31.8 Å². The van der Waals surface area contributed by atoms with Crippen LogP contribution in [0.5, 0.6) is 0 Å². The summed E-state index contributed by atoms with van der Waals surface area (Å²) in [6.07, 6.45) is 12.3. The minimum atomic E-state index is -0.595. The van der Waals surface area contributed by atoms with Gasteiger partial charge in [-0.15, -0.1) is 0 Å². The summed E-state index contributed by atoms with van der Waals surface area (Å²) in [5, 5.41) is 11.1. The standard InChI is InChI=1S/C11H15NO2.C10H17NO.C5H8BrNO3/c1-2-14-11(13)10-7-8-5-3-4-6-9(8)12-10;1-2-4-10(5-3-1)11-6-8-12-9-7-11;1-2-10-5(8)4(3-6)7-9/h7,12H,2-6H2,1H3;4H,1-3,5-9H2;9H,2-3H2,1H3. The van der Waals surface area contributed by atoms with E-state index < -0.39 is 5.97 Å². The van der Waals surface area contributed by atoms with E-state index >= 15 is 0 Å². The van der Waals surface area contributed by atoms with Crippen molar-refractivity contribution >= 4 is 33.6 Å². The number of allylic oxidation sites excluding steroid dienone is 2. The number of ether oxygens (including phenoxy) is 3. The van der Waals surface area contributed by atoms with Crippen molar-refractivity contribution in [3.63, 3.8) is 0 Å². The lowest BCUT2D eigenvalue weighted by Gasteiger charge is -2.32. The Labute approximate surface area is 222 Å². The molecule has 0 saturated carbocycles. The zero-order valence-corrected chi connectivity index (χ0v) is 23.1. The van der Waals surface area contributed by atoms with E-state index in [4.69, 9.17) is 14.7 Å². The maximum absolute atomic E-state index is 11.4. The SMILES string of the molecule is C1=C(N2CCOCC2)CCCC1.CCOC(=O)C(CBr)=NO.CCOC(=O)c1cc2c([nH]1)CCCC2. The average Bonchev–Trinajstić information content (AvgIpc) is 3.36. The van der Waals surface area contributed by atoms with Gasteiger partial charge in [-0.1, -0.05) is 27.2 Å². The van der Waals surface area contributed by atoms with Crippen LogP contribution in [0.15, 0.2) is 23.0 Å². The molecule has 0 radical (unpaired) electrons. The molecular formula is C26H40BrN3O6. The van der Waals surface area contributed by atoms with Gasteiger partial charge in [0.2, 0.25) is 0 Å². The Balaban J connectivity index is 0.000000194. The predicted octanol–water partition coefficient (Wildman–Crippen LogP) is 4.62. The summed E-state index contributed by atoms with van der Waals surface area (Å²) in [4.78, 5) is 27.7. The zero-order valence-electron chi connectivity index (χ0n) is 21.5. The van der Waals surface area contributed by atoms with Gasteiger partial charge < -0.3 is 29.3 Å². The van der Waals surface area contributed by atoms with Gasteiger partial charge in [-0.2, -0.15) is 0 Å². The molecule has 4 rings (SSSR count). The summed E-state index contributed by atoms with van der Waals surface area (Å²) in [6, 6.07) is 1.94. The third-order valence-electron chi connectivity index (χ3n) is 6.05. The number of H-pyrrole nitrogens is 1. The molecule has 0 aromatic carbocycles. The lowest BCUT2D eigenvalue weighted by molar-refractivity contribution is -0.135. The first-order valence-corrected chi connectivity index (χ1v) is 14.0. The summed E-state index contributed by atoms with van der Waals surface area (Å²) in [5.41, 5.74) is 4.67. The first-order chi connectivity index (χ1) is 17.5. The van der Waals surface area contributed by atoms with Gasteiger partial charge in [0.1, 0.15) is 5.69 Å². The molecule has 2 aliphatic carbocycles. The van der Waals surface area contributed by atoms with E-state index in [1.165, 1.54) is 49.8 Å². The van der Waals surface area contributed by atoms with Crippen molar-refractivity contribution in [3.05, 3.63) is 34.8 Å². The number of rotatable bonds is 6. The largest absolute Gasteiger partial charge is 0.461 e. The van der Waals surface area contributed by atoms with E-state index in [0.717, 1.165) is 39.1 Å². The Hall–Kier alpha value is -2.33. The number of aryl methyl sites for hydroxylation is 2. The molecule has 0 unspecified atom stereocenters. The number of halogens is 1. The summed E-state index contributed by atoms with van der Waals surface area (Å²) in [5.74, 6) is -0.830. The van der Waals surface area contributed by atoms with Crippen molar-refractivity contribution < 1.29 is 29.0 Å². The quantitative estimate of drug-likeness (QED) is 0.169. The number of esters is 2. The van der Waals surface area contributed by atoms with Gasteiger partial charge in [-0.25, -0.2) is 9.59 Å². The van der Waals surface area contributed by atoms with Crippen LogP contribution in [0, 0.1) is 0 Å². The van der Waals surface area contributed by atoms with E-state index in [0.29, 0.717) is 12.3 Å². The molecule has 1 aromatic rings. The number of aromatic nitrogens is 1. The smallest absolute Gasteiger partial charge is 0.356 e. The fraction of sp³-hybridized carbons (Fsp3) is 0.654. The van der Waals surface area contributed by atoms with Crippen molar-refractivity contribution in [2.75, 3.05) is 44.8 Å². The number of hydrogen-bond donors (Lipinski definition) is 2. The number of morpholine rings is 1. The van der Waals surface area contributed by atoms with Gasteiger partial charge >= 0.3 is 11.9 Å². The minimum Gasteiger partial charge on any atom is -0.461 e. The van der Waals surface area contributed by atoms with Crippen LogP contribution >= 0.6 is 15.9 Å². The number of nitrogens with one attached hydrogen (secondary N) is 1. The molecule has 10 heteroatoms. The molecular weight excluding hydrogens is 530 g/mol. The average molecular weight is 571 g/mol. The van der Waals surface area contributed by atoms with Crippen molar-refractivity contribution in [1.82, 2.24) is 9.88 Å². The number of oxime groups is 1. The highest BCUT2D eigenvalue weighted by Gasteiger charge is 2.17. The molecule has 2 N–H and O–H groups in total. The van der Waals surface area contributed by atoms with Gasteiger partial charge in [-0.3, -0.25) is 0 Å². The Morgan fingerprint density at radius 1 is 1.08 bits per heavy atom. The Kier molecular flexibility index (Phi) is 14.3. The molecule has 202 valence electrons. The molecule has 1 fully saturated rings. The van der Waals surface area contributed by atoms with E-state index in [-0.39, 0.29) is 23.6 Å². The van der Waals surface area contributed by atoms with Crippen molar-refractivity contribution in [3.8, 4) is 0 Å². The van der Waals surface area contributed by atoms with Crippen molar-refractivity contribution in [2.45, 2.75) is 65.2 Å². The number of nitrogens with zero attached hydrogens (tertiary/aromatic N) is 2. The molecule has 1 aliphatic heterocycles. The molecule has 36 heavy (non-hydrogen) atoms. The Morgan fingerprint density at radius 2 is 1.78 bits per heavy atom. The van der Waals surface area contributed by atoms with Crippen LogP contribution in [0.3, 0.4) is 0 Å². The van der Waals surface area contributed by atoms with Crippen molar-refractivity contribution in [2.24, 2.45) is 5.16 Å². The number of fused-ring (bicyclic) bond motifs is 1. The summed E-state index contributed by atoms with van der Waals surface area (Å²) in [7, 11) is 0. The second kappa shape index (κ2) is 17.2. The third kappa shape index (κ3) is 9.97. The zero-order chi connectivity index (χ0) is 26.2. The van der Waals surface area contributed by atoms with Crippen LogP contribution in [0.2, 0.25) is 0 Å². The lowest BCUT2D eigenvalue weighted by Crippen LogP contribution is -2.35. The minimum absolute atomic E-state index is 0.0261. The van der Waals surface area contributed by atoms with Gasteiger partial charge in [0.05, 0.1) is 31.8 Å². The number of carbonyl (C=O) groups excluding carboxylic acids is 2. The molecule has 3 aliphatic rings. The molecule has 1 saturated heterocycles. The topological polar surface area (TPSA) is 113 Å². The first-order valence-electron chi connectivity index (χ1n) is 12.9. The Morgan fingerprint density at radius 3 is 2.36 bits per heavy atom. The molecule has 9 nitrogen and oxygen atoms in total. The number of carbonyl (C=O) groups is 2. The second-order valence-corrected chi connectivity index (χ2v) is 9.12. The van der Waals surface area contributed by atoms with Crippen LogP contribution < -0.4 is 0 Å². The Bertz CT molecular complexity index is 854. The van der Waals surface area contributed by atoms with Crippen LogP contribution in [0.1, 0.15) is 74.1 Å². The molecule has 0 atom stereocenters. The van der Waals surface area contributed by atoms with Gasteiger partial charge in [0.15, 0.2) is 5.71 Å². The molecule has 0 spiro atoms.